The van der Waals surface area contributed by atoms with Gasteiger partial charge in [0.25, 0.3) is 0 Å². The summed E-state index contributed by atoms with van der Waals surface area (Å²) in [5.41, 5.74) is -1.60. The van der Waals surface area contributed by atoms with E-state index < -0.39 is 91.6 Å². The second kappa shape index (κ2) is 11.9. The molecule has 17 unspecified atom stereocenters. The summed E-state index contributed by atoms with van der Waals surface area (Å²) in [5, 5.41) is 82.9. The molecule has 2 bridgehead atoms. The fourth-order valence-corrected chi connectivity index (χ4v) is 11.1. The minimum Gasteiger partial charge on any atom is -0.481 e. The lowest BCUT2D eigenvalue weighted by Gasteiger charge is -2.64. The standard InChI is InChI=1S/C32H52O13/c1-15-11-31-9-5-18-29(2,7-4-8-30(18,3)28(40)41)19(31)6-10-32(15,14-31)45-27-25(23(38)21(36)17(13-34)43-27)44-26-24(39)22(37)20(35)16(12-33)42-26/h15-27,33-39H,4-14H2,1-3H3,(H,40,41). The molecule has 13 heteroatoms. The van der Waals surface area contributed by atoms with Crippen molar-refractivity contribution >= 4 is 5.97 Å². The lowest BCUT2D eigenvalue weighted by atomic mass is 9.41. The molecule has 6 aliphatic rings. The largest absolute Gasteiger partial charge is 0.481 e. The molecule has 8 N–H and O–H groups in total. The van der Waals surface area contributed by atoms with Crippen molar-refractivity contribution in [2.45, 2.75) is 146 Å². The molecule has 0 radical (unpaired) electrons. The molecular formula is C32H52O13. The van der Waals surface area contributed by atoms with E-state index in [9.17, 15) is 45.6 Å². The number of rotatable bonds is 7. The average Bonchev–Trinajstić information content (AvgIpc) is 3.19. The van der Waals surface area contributed by atoms with E-state index in [0.29, 0.717) is 25.2 Å². The van der Waals surface area contributed by atoms with E-state index in [0.717, 1.165) is 38.5 Å². The first-order chi connectivity index (χ1) is 21.2. The molecule has 4 aliphatic carbocycles. The first kappa shape index (κ1) is 33.9. The molecule has 4 saturated carbocycles. The molecule has 6 rings (SSSR count). The van der Waals surface area contributed by atoms with Crippen LogP contribution < -0.4 is 0 Å². The summed E-state index contributed by atoms with van der Waals surface area (Å²) in [6, 6.07) is 0. The molecule has 2 saturated heterocycles. The molecular weight excluding hydrogens is 592 g/mol. The van der Waals surface area contributed by atoms with Crippen LogP contribution in [-0.2, 0) is 23.7 Å². The number of carboxylic acids is 1. The van der Waals surface area contributed by atoms with Gasteiger partial charge < -0.3 is 59.8 Å². The molecule has 13 nitrogen and oxygen atoms in total. The highest BCUT2D eigenvalue weighted by atomic mass is 16.8. The van der Waals surface area contributed by atoms with Crippen molar-refractivity contribution in [3.63, 3.8) is 0 Å². The van der Waals surface area contributed by atoms with Crippen LogP contribution in [0.3, 0.4) is 0 Å². The van der Waals surface area contributed by atoms with Crippen LogP contribution in [0.2, 0.25) is 0 Å². The van der Waals surface area contributed by atoms with E-state index in [1.807, 2.05) is 6.92 Å². The predicted molar refractivity (Wildman–Crippen MR) is 154 cm³/mol. The van der Waals surface area contributed by atoms with Gasteiger partial charge in [-0.05, 0) is 86.9 Å². The van der Waals surface area contributed by atoms with Crippen molar-refractivity contribution in [3.05, 3.63) is 0 Å². The minimum atomic E-state index is -1.74. The number of hydrogen-bond donors (Lipinski definition) is 8. The Kier molecular flexibility index (Phi) is 8.94. The van der Waals surface area contributed by atoms with Crippen LogP contribution in [0.4, 0.5) is 0 Å². The molecule has 2 heterocycles. The highest BCUT2D eigenvalue weighted by Gasteiger charge is 2.69. The van der Waals surface area contributed by atoms with Gasteiger partial charge >= 0.3 is 5.97 Å². The third-order valence-electron chi connectivity index (χ3n) is 13.4. The van der Waals surface area contributed by atoms with Gasteiger partial charge in [-0.2, -0.15) is 0 Å². The summed E-state index contributed by atoms with van der Waals surface area (Å²) in [7, 11) is 0. The van der Waals surface area contributed by atoms with Gasteiger partial charge in [-0.3, -0.25) is 4.79 Å². The maximum atomic E-state index is 12.5. The Hall–Kier alpha value is -0.970. The summed E-state index contributed by atoms with van der Waals surface area (Å²) in [6.45, 7) is 5.11. The zero-order chi connectivity index (χ0) is 32.7. The number of aliphatic carboxylic acids is 1. The Balaban J connectivity index is 1.26. The Morgan fingerprint density at radius 3 is 2.07 bits per heavy atom. The van der Waals surface area contributed by atoms with Crippen LogP contribution in [0.15, 0.2) is 0 Å². The van der Waals surface area contributed by atoms with Gasteiger partial charge in [0.1, 0.15) is 48.8 Å². The van der Waals surface area contributed by atoms with Crippen LogP contribution in [0.25, 0.3) is 0 Å². The van der Waals surface area contributed by atoms with Gasteiger partial charge in [0, 0.05) is 0 Å². The number of fused-ring (bicyclic) bond motifs is 3. The number of aliphatic hydroxyl groups excluding tert-OH is 7. The summed E-state index contributed by atoms with van der Waals surface area (Å²) >= 11 is 0. The van der Waals surface area contributed by atoms with Crippen molar-refractivity contribution in [2.24, 2.45) is 34.0 Å². The lowest BCUT2D eigenvalue weighted by molar-refractivity contribution is -0.382. The molecule has 0 amide bonds. The molecule has 6 fully saturated rings. The molecule has 2 aliphatic heterocycles. The summed E-state index contributed by atoms with van der Waals surface area (Å²) < 4.78 is 24.3. The summed E-state index contributed by atoms with van der Waals surface area (Å²) in [4.78, 5) is 12.5. The topological polar surface area (TPSA) is 216 Å². The number of carbonyl (C=O) groups is 1. The van der Waals surface area contributed by atoms with Crippen LogP contribution in [-0.4, -0.2) is 127 Å². The number of hydrogen-bond acceptors (Lipinski definition) is 12. The second-order valence-corrected chi connectivity index (χ2v) is 15.6. The quantitative estimate of drug-likeness (QED) is 0.170. The normalized spacial score (nSPS) is 56.4. The van der Waals surface area contributed by atoms with Crippen LogP contribution >= 0.6 is 0 Å². The van der Waals surface area contributed by atoms with Crippen LogP contribution in [0, 0.1) is 34.0 Å². The van der Waals surface area contributed by atoms with E-state index in [1.165, 1.54) is 0 Å². The maximum Gasteiger partial charge on any atom is 0.309 e. The maximum absolute atomic E-state index is 12.5. The monoisotopic (exact) mass is 644 g/mol. The van der Waals surface area contributed by atoms with Gasteiger partial charge in [-0.15, -0.1) is 0 Å². The second-order valence-electron chi connectivity index (χ2n) is 15.6. The van der Waals surface area contributed by atoms with Crippen molar-refractivity contribution in [2.75, 3.05) is 13.2 Å². The van der Waals surface area contributed by atoms with Gasteiger partial charge in [-0.1, -0.05) is 20.3 Å². The molecule has 0 aromatic carbocycles. The molecule has 258 valence electrons. The lowest BCUT2D eigenvalue weighted by Crippen LogP contribution is -2.66. The van der Waals surface area contributed by atoms with Crippen molar-refractivity contribution in [1.82, 2.24) is 0 Å². The fourth-order valence-electron chi connectivity index (χ4n) is 11.1. The van der Waals surface area contributed by atoms with Crippen molar-refractivity contribution in [3.8, 4) is 0 Å². The molecule has 0 aromatic heterocycles. The summed E-state index contributed by atoms with van der Waals surface area (Å²) in [6.07, 6.45) is -7.55. The molecule has 45 heavy (non-hydrogen) atoms. The Labute approximate surface area is 263 Å². The number of carboxylic acid groups (broad SMARTS) is 1. The smallest absolute Gasteiger partial charge is 0.309 e. The first-order valence-corrected chi connectivity index (χ1v) is 16.7. The Bertz CT molecular complexity index is 1110. The fraction of sp³-hybridized carbons (Fsp3) is 0.969. The van der Waals surface area contributed by atoms with Gasteiger partial charge in [-0.25, -0.2) is 0 Å². The van der Waals surface area contributed by atoms with Crippen molar-refractivity contribution < 1.29 is 64.6 Å². The molecule has 17 atom stereocenters. The van der Waals surface area contributed by atoms with Crippen LogP contribution in [0.5, 0.6) is 0 Å². The van der Waals surface area contributed by atoms with Gasteiger partial charge in [0.05, 0.1) is 24.2 Å². The Morgan fingerprint density at radius 1 is 0.800 bits per heavy atom. The average molecular weight is 645 g/mol. The van der Waals surface area contributed by atoms with Crippen LogP contribution in [0.1, 0.15) is 78.6 Å². The van der Waals surface area contributed by atoms with Gasteiger partial charge in [0.2, 0.25) is 0 Å². The zero-order valence-corrected chi connectivity index (χ0v) is 26.4. The van der Waals surface area contributed by atoms with E-state index in [-0.39, 0.29) is 22.7 Å². The SMILES string of the molecule is CC1CC23CCC4C(C)(C(=O)O)CCCC4(C)C2CCC1(OC1OC(CO)C(O)C(O)C1OC1OC(CO)C(O)C(O)C1O)C3. The zero-order valence-electron chi connectivity index (χ0n) is 26.4. The third-order valence-corrected chi connectivity index (χ3v) is 13.4. The van der Waals surface area contributed by atoms with E-state index in [1.54, 1.807) is 0 Å². The summed E-state index contributed by atoms with van der Waals surface area (Å²) in [5.74, 6) is -0.210. The highest BCUT2D eigenvalue weighted by Crippen LogP contribution is 2.73. The predicted octanol–water partition coefficient (Wildman–Crippen LogP) is -0.117. The number of ether oxygens (including phenoxy) is 4. The van der Waals surface area contributed by atoms with Gasteiger partial charge in [0.15, 0.2) is 12.6 Å². The van der Waals surface area contributed by atoms with E-state index in [2.05, 4.69) is 13.8 Å². The third kappa shape index (κ3) is 5.11. The molecule has 1 spiro atoms. The first-order valence-electron chi connectivity index (χ1n) is 16.7. The van der Waals surface area contributed by atoms with Crippen molar-refractivity contribution in [1.29, 1.82) is 0 Å². The molecule has 0 aromatic rings. The van der Waals surface area contributed by atoms with E-state index >= 15 is 0 Å². The number of aliphatic hydroxyl groups is 7. The Morgan fingerprint density at radius 2 is 1.42 bits per heavy atom. The highest BCUT2D eigenvalue weighted by molar-refractivity contribution is 5.75. The minimum absolute atomic E-state index is 0.0591. The van der Waals surface area contributed by atoms with E-state index in [4.69, 9.17) is 18.9 Å².